The highest BCUT2D eigenvalue weighted by Gasteiger charge is 2.10. The first-order chi connectivity index (χ1) is 7.70. The van der Waals surface area contributed by atoms with E-state index in [9.17, 15) is 0 Å². The lowest BCUT2D eigenvalue weighted by atomic mass is 10.2. The lowest BCUT2D eigenvalue weighted by Crippen LogP contribution is -2.16. The summed E-state index contributed by atoms with van der Waals surface area (Å²) in [5, 5.41) is 13.0. The van der Waals surface area contributed by atoms with Crippen LogP contribution in [-0.4, -0.2) is 28.8 Å². The van der Waals surface area contributed by atoms with Crippen LogP contribution < -0.4 is 4.90 Å². The van der Waals surface area contributed by atoms with Gasteiger partial charge in [0, 0.05) is 19.2 Å². The molecule has 0 fully saturated rings. The molecule has 0 aliphatic heterocycles. The van der Waals surface area contributed by atoms with Crippen molar-refractivity contribution in [3.63, 3.8) is 0 Å². The fourth-order valence-electron chi connectivity index (χ4n) is 1.23. The summed E-state index contributed by atoms with van der Waals surface area (Å²) >= 11 is 0. The van der Waals surface area contributed by atoms with Gasteiger partial charge in [0.15, 0.2) is 0 Å². The minimum atomic E-state index is 0.217. The zero-order chi connectivity index (χ0) is 11.5. The van der Waals surface area contributed by atoms with E-state index in [4.69, 9.17) is 9.63 Å². The van der Waals surface area contributed by atoms with E-state index >= 15 is 0 Å². The predicted octanol–water partition coefficient (Wildman–Crippen LogP) is 1.90. The highest BCUT2D eigenvalue weighted by molar-refractivity contribution is 5.55. The van der Waals surface area contributed by atoms with Crippen LogP contribution in [0.3, 0.4) is 0 Å². The Labute approximate surface area is 93.3 Å². The van der Waals surface area contributed by atoms with Gasteiger partial charge in [-0.2, -0.15) is 4.98 Å². The summed E-state index contributed by atoms with van der Waals surface area (Å²) in [4.78, 5) is 6.13. The third kappa shape index (κ3) is 1.98. The Bertz CT molecular complexity index is 464. The SMILES string of the molecule is CCN(C)c1noc(-c2ccc(O)cc2)n1. The molecule has 1 aromatic carbocycles. The van der Waals surface area contributed by atoms with Gasteiger partial charge in [0.25, 0.3) is 11.8 Å². The molecule has 0 amide bonds. The number of benzene rings is 1. The van der Waals surface area contributed by atoms with E-state index in [0.717, 1.165) is 12.1 Å². The molecule has 2 aromatic rings. The second-order valence-electron chi connectivity index (χ2n) is 3.46. The maximum Gasteiger partial charge on any atom is 0.266 e. The Kier molecular flexibility index (Phi) is 2.76. The van der Waals surface area contributed by atoms with Crippen LogP contribution in [0.25, 0.3) is 11.5 Å². The van der Waals surface area contributed by atoms with Crippen molar-refractivity contribution >= 4 is 5.95 Å². The van der Waals surface area contributed by atoms with Crippen molar-refractivity contribution in [3.05, 3.63) is 24.3 Å². The van der Waals surface area contributed by atoms with E-state index in [-0.39, 0.29) is 5.75 Å². The van der Waals surface area contributed by atoms with Crippen LogP contribution in [-0.2, 0) is 0 Å². The smallest absolute Gasteiger partial charge is 0.266 e. The van der Waals surface area contributed by atoms with Gasteiger partial charge in [0.2, 0.25) is 0 Å². The van der Waals surface area contributed by atoms with Crippen molar-refractivity contribution in [2.45, 2.75) is 6.92 Å². The van der Waals surface area contributed by atoms with Gasteiger partial charge in [-0.15, -0.1) is 0 Å². The molecule has 0 atom stereocenters. The fourth-order valence-corrected chi connectivity index (χ4v) is 1.23. The molecule has 1 N–H and O–H groups in total. The molecule has 0 aliphatic rings. The third-order valence-electron chi connectivity index (χ3n) is 2.35. The molecule has 5 heteroatoms. The first-order valence-electron chi connectivity index (χ1n) is 5.05. The van der Waals surface area contributed by atoms with Gasteiger partial charge in [0.05, 0.1) is 0 Å². The van der Waals surface area contributed by atoms with E-state index in [1.165, 1.54) is 0 Å². The lowest BCUT2D eigenvalue weighted by molar-refractivity contribution is 0.430. The topological polar surface area (TPSA) is 62.4 Å². The van der Waals surface area contributed by atoms with Crippen LogP contribution in [0.2, 0.25) is 0 Å². The average molecular weight is 219 g/mol. The normalized spacial score (nSPS) is 10.4. The molecular weight excluding hydrogens is 206 g/mol. The molecule has 5 nitrogen and oxygen atoms in total. The largest absolute Gasteiger partial charge is 0.508 e. The Hall–Kier alpha value is -2.04. The first kappa shape index (κ1) is 10.5. The minimum absolute atomic E-state index is 0.217. The van der Waals surface area contributed by atoms with Crippen LogP contribution in [0.15, 0.2) is 28.8 Å². The first-order valence-corrected chi connectivity index (χ1v) is 5.05. The van der Waals surface area contributed by atoms with E-state index in [0.29, 0.717) is 11.8 Å². The molecule has 0 spiro atoms. The maximum atomic E-state index is 9.16. The number of nitrogens with zero attached hydrogens (tertiary/aromatic N) is 3. The number of hydrogen-bond donors (Lipinski definition) is 1. The summed E-state index contributed by atoms with van der Waals surface area (Å²) in [5.74, 6) is 1.23. The van der Waals surface area contributed by atoms with Gasteiger partial charge in [0.1, 0.15) is 5.75 Å². The molecular formula is C11H13N3O2. The van der Waals surface area contributed by atoms with Crippen molar-refractivity contribution in [1.82, 2.24) is 10.1 Å². The molecule has 0 radical (unpaired) electrons. The molecule has 0 aliphatic carbocycles. The van der Waals surface area contributed by atoms with Gasteiger partial charge in [-0.1, -0.05) is 0 Å². The second kappa shape index (κ2) is 4.22. The molecule has 1 heterocycles. The monoisotopic (exact) mass is 219 g/mol. The van der Waals surface area contributed by atoms with Gasteiger partial charge < -0.3 is 14.5 Å². The van der Waals surface area contributed by atoms with Crippen molar-refractivity contribution in [1.29, 1.82) is 0 Å². The second-order valence-corrected chi connectivity index (χ2v) is 3.46. The van der Waals surface area contributed by atoms with Crippen LogP contribution in [0.5, 0.6) is 5.75 Å². The van der Waals surface area contributed by atoms with Crippen molar-refractivity contribution in [2.75, 3.05) is 18.5 Å². The van der Waals surface area contributed by atoms with E-state index < -0.39 is 0 Å². The highest BCUT2D eigenvalue weighted by Crippen LogP contribution is 2.21. The molecule has 0 saturated carbocycles. The Morgan fingerprint density at radius 1 is 1.31 bits per heavy atom. The van der Waals surface area contributed by atoms with Crippen molar-refractivity contribution in [2.24, 2.45) is 0 Å². The van der Waals surface area contributed by atoms with Gasteiger partial charge in [-0.05, 0) is 36.3 Å². The quantitative estimate of drug-likeness (QED) is 0.854. The number of aromatic hydroxyl groups is 1. The summed E-state index contributed by atoms with van der Waals surface area (Å²) in [6, 6.07) is 6.64. The Morgan fingerprint density at radius 2 is 2.00 bits per heavy atom. The average Bonchev–Trinajstić information content (AvgIpc) is 2.78. The van der Waals surface area contributed by atoms with E-state index in [1.807, 2.05) is 18.9 Å². The third-order valence-corrected chi connectivity index (χ3v) is 2.35. The summed E-state index contributed by atoms with van der Waals surface area (Å²) in [6.45, 7) is 2.82. The maximum absolute atomic E-state index is 9.16. The van der Waals surface area contributed by atoms with E-state index in [2.05, 4.69) is 10.1 Å². The van der Waals surface area contributed by atoms with Crippen LogP contribution in [0, 0.1) is 0 Å². The summed E-state index contributed by atoms with van der Waals surface area (Å²) in [7, 11) is 1.89. The standard InChI is InChI=1S/C11H13N3O2/c1-3-14(2)11-12-10(16-13-11)8-4-6-9(15)7-5-8/h4-7,15H,3H2,1-2H3. The number of anilines is 1. The summed E-state index contributed by atoms with van der Waals surface area (Å²) in [6.07, 6.45) is 0. The number of hydrogen-bond acceptors (Lipinski definition) is 5. The molecule has 0 saturated heterocycles. The molecule has 2 rings (SSSR count). The number of phenolic OH excluding ortho intramolecular Hbond substituents is 1. The van der Waals surface area contributed by atoms with Gasteiger partial charge in [-0.25, -0.2) is 0 Å². The minimum Gasteiger partial charge on any atom is -0.508 e. The molecule has 84 valence electrons. The Morgan fingerprint density at radius 3 is 2.62 bits per heavy atom. The number of phenols is 1. The molecule has 1 aromatic heterocycles. The molecule has 16 heavy (non-hydrogen) atoms. The van der Waals surface area contributed by atoms with Crippen molar-refractivity contribution in [3.8, 4) is 17.2 Å². The van der Waals surface area contributed by atoms with Crippen LogP contribution in [0.1, 0.15) is 6.92 Å². The van der Waals surface area contributed by atoms with Gasteiger partial charge >= 0.3 is 0 Å². The van der Waals surface area contributed by atoms with Crippen LogP contribution in [0.4, 0.5) is 5.95 Å². The zero-order valence-electron chi connectivity index (χ0n) is 9.21. The lowest BCUT2D eigenvalue weighted by Gasteiger charge is -2.08. The fraction of sp³-hybridized carbons (Fsp3) is 0.273. The van der Waals surface area contributed by atoms with E-state index in [1.54, 1.807) is 24.3 Å². The zero-order valence-corrected chi connectivity index (χ0v) is 9.21. The number of rotatable bonds is 3. The van der Waals surface area contributed by atoms with Gasteiger partial charge in [-0.3, -0.25) is 0 Å². The summed E-state index contributed by atoms with van der Waals surface area (Å²) < 4.78 is 5.13. The highest BCUT2D eigenvalue weighted by atomic mass is 16.5. The predicted molar refractivity (Wildman–Crippen MR) is 60.3 cm³/mol. The summed E-state index contributed by atoms with van der Waals surface area (Å²) in [5.41, 5.74) is 0.793. The molecule has 0 bridgehead atoms. The van der Waals surface area contributed by atoms with Crippen LogP contribution >= 0.6 is 0 Å². The molecule has 0 unspecified atom stereocenters. The van der Waals surface area contributed by atoms with Crippen molar-refractivity contribution < 1.29 is 9.63 Å². The number of aromatic nitrogens is 2. The Balaban J connectivity index is 2.28.